The van der Waals surface area contributed by atoms with Gasteiger partial charge in [0.05, 0.1) is 58.0 Å². The summed E-state index contributed by atoms with van der Waals surface area (Å²) in [7, 11) is 0. The Balaban J connectivity index is 0.0000106. The van der Waals surface area contributed by atoms with Crippen LogP contribution >= 0.6 is 0 Å². The molecule has 0 aliphatic rings. The van der Waals surface area contributed by atoms with Crippen molar-refractivity contribution in [2.75, 3.05) is 59.0 Å². The third kappa shape index (κ3) is 19.9. The van der Waals surface area contributed by atoms with Gasteiger partial charge in [-0.2, -0.15) is 0 Å². The van der Waals surface area contributed by atoms with E-state index in [0.717, 1.165) is 20.9 Å². The van der Waals surface area contributed by atoms with Crippen molar-refractivity contribution in [2.24, 2.45) is 0 Å². The Morgan fingerprint density at radius 2 is 0.915 bits per heavy atom. The minimum Gasteiger partial charge on any atom is -0.549 e. The van der Waals surface area contributed by atoms with Gasteiger partial charge in [-0.1, -0.05) is 60.7 Å². The molecule has 246 valence electrons. The number of carboxylic acid groups (broad SMARTS) is 5. The Hall–Kier alpha value is -2.41. The molecule has 47 heavy (non-hydrogen) atoms. The SMILES string of the molecule is O=C([O-])CN(CC(=O)O)C(COCc1ccccc1)CN(CC(=O)O)CC(COCc1ccccc1)N(CC(=O)[O-])CC(=O)O.[Na+].[Na+]. The summed E-state index contributed by atoms with van der Waals surface area (Å²) in [6, 6.07) is 15.9. The van der Waals surface area contributed by atoms with Gasteiger partial charge in [0.2, 0.25) is 0 Å². The second-order valence-electron chi connectivity index (χ2n) is 10.2. The minimum atomic E-state index is -1.57. The van der Waals surface area contributed by atoms with Gasteiger partial charge >= 0.3 is 77.0 Å². The van der Waals surface area contributed by atoms with E-state index in [1.54, 1.807) is 60.7 Å². The van der Waals surface area contributed by atoms with E-state index in [-0.39, 0.29) is 98.6 Å². The van der Waals surface area contributed by atoms with E-state index < -0.39 is 74.7 Å². The van der Waals surface area contributed by atoms with Gasteiger partial charge in [0.1, 0.15) is 0 Å². The second-order valence-corrected chi connectivity index (χ2v) is 10.2. The second kappa shape index (κ2) is 24.7. The number of rotatable bonds is 24. The number of nitrogens with zero attached hydrogens (tertiary/aromatic N) is 3. The van der Waals surface area contributed by atoms with Gasteiger partial charge in [-0.15, -0.1) is 0 Å². The first-order chi connectivity index (χ1) is 21.4. The summed E-state index contributed by atoms with van der Waals surface area (Å²) in [4.78, 5) is 61.6. The first-order valence-electron chi connectivity index (χ1n) is 13.9. The topological polar surface area (TPSA) is 220 Å². The Morgan fingerprint density at radius 3 is 1.21 bits per heavy atom. The van der Waals surface area contributed by atoms with Gasteiger partial charge in [0, 0.05) is 38.3 Å². The number of aliphatic carboxylic acids is 5. The van der Waals surface area contributed by atoms with Crippen molar-refractivity contribution in [3.8, 4) is 0 Å². The molecule has 17 heteroatoms. The quantitative estimate of drug-likeness (QED) is 0.0879. The molecule has 15 nitrogen and oxygen atoms in total. The molecule has 0 amide bonds. The zero-order chi connectivity index (χ0) is 33.2. The average Bonchev–Trinajstić information content (AvgIpc) is 2.95. The molecule has 0 bridgehead atoms. The van der Waals surface area contributed by atoms with Crippen LogP contribution in [0.25, 0.3) is 0 Å². The maximum Gasteiger partial charge on any atom is 1.00 e. The molecule has 0 fully saturated rings. The number of hydrogen-bond donors (Lipinski definition) is 3. The van der Waals surface area contributed by atoms with Crippen LogP contribution in [0.1, 0.15) is 11.1 Å². The van der Waals surface area contributed by atoms with Crippen molar-refractivity contribution in [3.05, 3.63) is 71.8 Å². The van der Waals surface area contributed by atoms with E-state index in [4.69, 9.17) is 9.47 Å². The zero-order valence-corrected chi connectivity index (χ0v) is 30.6. The predicted octanol–water partition coefficient (Wildman–Crippen LogP) is -8.18. The molecule has 0 aliphatic heterocycles. The predicted molar refractivity (Wildman–Crippen MR) is 152 cm³/mol. The first-order valence-corrected chi connectivity index (χ1v) is 13.9. The van der Waals surface area contributed by atoms with Crippen molar-refractivity contribution in [3.63, 3.8) is 0 Å². The molecule has 2 rings (SSSR count). The van der Waals surface area contributed by atoms with Crippen LogP contribution < -0.4 is 69.3 Å². The summed E-state index contributed by atoms with van der Waals surface area (Å²) in [6.07, 6.45) is 0. The zero-order valence-electron chi connectivity index (χ0n) is 26.6. The summed E-state index contributed by atoms with van der Waals surface area (Å²) >= 11 is 0. The molecular weight excluding hydrogens is 640 g/mol. The van der Waals surface area contributed by atoms with Crippen LogP contribution in [0.4, 0.5) is 0 Å². The van der Waals surface area contributed by atoms with Gasteiger partial charge in [-0.3, -0.25) is 29.1 Å². The molecule has 0 radical (unpaired) electrons. The molecule has 0 aliphatic carbocycles. The van der Waals surface area contributed by atoms with Crippen molar-refractivity contribution in [2.45, 2.75) is 25.3 Å². The van der Waals surface area contributed by atoms with E-state index in [1.807, 2.05) is 0 Å². The Bertz CT molecular complexity index is 1120. The van der Waals surface area contributed by atoms with Gasteiger partial charge in [0.15, 0.2) is 0 Å². The fraction of sp³-hybridized carbons (Fsp3) is 0.433. The smallest absolute Gasteiger partial charge is 0.549 e. The molecule has 0 saturated heterocycles. The summed E-state index contributed by atoms with van der Waals surface area (Å²) < 4.78 is 11.6. The Morgan fingerprint density at radius 1 is 0.574 bits per heavy atom. The number of hydrogen-bond acceptors (Lipinski definition) is 12. The van der Waals surface area contributed by atoms with Crippen LogP contribution in [0.2, 0.25) is 0 Å². The van der Waals surface area contributed by atoms with Gasteiger partial charge < -0.3 is 44.6 Å². The largest absolute Gasteiger partial charge is 1.00 e. The van der Waals surface area contributed by atoms with Crippen molar-refractivity contribution < 1.29 is 118 Å². The third-order valence-electron chi connectivity index (χ3n) is 6.51. The van der Waals surface area contributed by atoms with Gasteiger partial charge in [-0.25, -0.2) is 0 Å². The minimum absolute atomic E-state index is 0. The van der Waals surface area contributed by atoms with Crippen LogP contribution in [-0.4, -0.2) is 131 Å². The van der Waals surface area contributed by atoms with Crippen molar-refractivity contribution >= 4 is 29.8 Å². The Labute approximate surface area is 316 Å². The molecule has 3 N–H and O–H groups in total. The molecule has 2 atom stereocenters. The summed E-state index contributed by atoms with van der Waals surface area (Å²) in [5, 5.41) is 51.7. The third-order valence-corrected chi connectivity index (χ3v) is 6.51. The first kappa shape index (κ1) is 44.6. The number of carbonyl (C=O) groups is 5. The average molecular weight is 678 g/mol. The number of carbonyl (C=O) groups excluding carboxylic acids is 2. The van der Waals surface area contributed by atoms with E-state index in [9.17, 15) is 49.5 Å². The monoisotopic (exact) mass is 677 g/mol. The molecule has 0 aromatic heterocycles. The van der Waals surface area contributed by atoms with E-state index in [0.29, 0.717) is 0 Å². The number of benzene rings is 2. The summed E-state index contributed by atoms with van der Waals surface area (Å²) in [5.74, 6) is -7.12. The van der Waals surface area contributed by atoms with Crippen molar-refractivity contribution in [1.82, 2.24) is 14.7 Å². The van der Waals surface area contributed by atoms with Gasteiger partial charge in [0.25, 0.3) is 0 Å². The fourth-order valence-corrected chi connectivity index (χ4v) is 4.62. The van der Waals surface area contributed by atoms with Crippen LogP contribution in [0.15, 0.2) is 60.7 Å². The van der Waals surface area contributed by atoms with Gasteiger partial charge in [-0.05, 0) is 11.1 Å². The molecule has 0 spiro atoms. The Kier molecular flexibility index (Phi) is 23.4. The standard InChI is InChI=1S/C30H39N3O12.2Na/c34-26(35)13-31(11-24(32(14-27(36)37)15-28(38)39)20-44-18-22-7-3-1-4-8-22)12-25(33(16-29(40)41)17-30(42)43)21-45-19-23-9-5-2-6-10-23;;/h1-10,24-25H,11-21H2,(H,34,35)(H,36,37)(H,38,39)(H,40,41)(H,42,43);;/q;2*+1/p-2. The maximum atomic E-state index is 11.9. The number of ether oxygens (including phenoxy) is 2. The van der Waals surface area contributed by atoms with Crippen molar-refractivity contribution in [1.29, 1.82) is 0 Å². The van der Waals surface area contributed by atoms with Crippen LogP contribution in [-0.2, 0) is 46.7 Å². The molecule has 2 aromatic rings. The number of carboxylic acids is 5. The maximum absolute atomic E-state index is 11.9. The summed E-state index contributed by atoms with van der Waals surface area (Å²) in [6.45, 7) is -4.42. The van der Waals surface area contributed by atoms with Crippen LogP contribution in [0.3, 0.4) is 0 Å². The van der Waals surface area contributed by atoms with Crippen LogP contribution in [0.5, 0.6) is 0 Å². The molecule has 2 aromatic carbocycles. The van der Waals surface area contributed by atoms with E-state index in [1.165, 1.54) is 4.90 Å². The molecule has 2 unspecified atom stereocenters. The fourth-order valence-electron chi connectivity index (χ4n) is 4.62. The van der Waals surface area contributed by atoms with E-state index >= 15 is 0 Å². The van der Waals surface area contributed by atoms with Crippen LogP contribution in [0, 0.1) is 0 Å². The summed E-state index contributed by atoms with van der Waals surface area (Å²) in [5.41, 5.74) is 1.57. The molecule has 0 saturated carbocycles. The molecule has 0 heterocycles. The molecular formula is C30H37N3Na2O12. The normalized spacial score (nSPS) is 12.1. The van der Waals surface area contributed by atoms with E-state index in [2.05, 4.69) is 0 Å².